The molecule has 10 heteroatoms. The summed E-state index contributed by atoms with van der Waals surface area (Å²) in [4.78, 5) is 0. The molecule has 2 aromatic heterocycles. The molecule has 152 valence electrons. The topological polar surface area (TPSA) is 98.9 Å². The first-order valence-electron chi connectivity index (χ1n) is 9.04. The first kappa shape index (κ1) is 19.9. The molecular formula is C20H18Cl2N8. The Bertz CT molecular complexity index is 1200. The summed E-state index contributed by atoms with van der Waals surface area (Å²) in [6.45, 7) is 2.29. The largest absolute Gasteiger partial charge is 0.335 e. The van der Waals surface area contributed by atoms with Crippen molar-refractivity contribution < 1.29 is 0 Å². The molecule has 0 radical (unpaired) electrons. The van der Waals surface area contributed by atoms with Crippen molar-refractivity contribution in [1.82, 2.24) is 24.7 Å². The van der Waals surface area contributed by atoms with Gasteiger partial charge >= 0.3 is 0 Å². The number of hydrazone groups is 1. The number of aryl methyl sites for hydroxylation is 1. The Morgan fingerprint density at radius 3 is 2.60 bits per heavy atom. The van der Waals surface area contributed by atoms with Crippen LogP contribution in [-0.4, -0.2) is 30.9 Å². The second-order valence-electron chi connectivity index (χ2n) is 6.56. The number of nitrogens with two attached hydrogens (primary N) is 1. The van der Waals surface area contributed by atoms with Crippen LogP contribution < -0.4 is 11.3 Å². The number of halogens is 2. The lowest BCUT2D eigenvalue weighted by Crippen LogP contribution is -2.13. The highest BCUT2D eigenvalue weighted by atomic mass is 35.5. The Kier molecular flexibility index (Phi) is 5.69. The molecule has 0 saturated heterocycles. The van der Waals surface area contributed by atoms with E-state index in [2.05, 4.69) is 20.7 Å². The summed E-state index contributed by atoms with van der Waals surface area (Å²) < 4.78 is 3.15. The lowest BCUT2D eigenvalue weighted by Gasteiger charge is -2.03. The fourth-order valence-electron chi connectivity index (χ4n) is 2.86. The standard InChI is InChI=1S/C20H18Cl2N8/c1-13-25-27-20(30(13)23)26-24-10-16-12-29(11-14-7-8-17(21)18(22)9-14)28-19(16)15-5-3-2-4-6-15/h2-10,12H,11,23H2,1H3,(H,26,27)/b24-10+. The van der Waals surface area contributed by atoms with Crippen molar-refractivity contribution in [2.24, 2.45) is 5.10 Å². The van der Waals surface area contributed by atoms with E-state index in [9.17, 15) is 0 Å². The Labute approximate surface area is 182 Å². The molecule has 0 atom stereocenters. The Hall–Kier alpha value is -3.36. The van der Waals surface area contributed by atoms with Gasteiger partial charge in [0, 0.05) is 17.3 Å². The summed E-state index contributed by atoms with van der Waals surface area (Å²) in [7, 11) is 0. The van der Waals surface area contributed by atoms with Gasteiger partial charge in [0.05, 0.1) is 22.8 Å². The molecule has 30 heavy (non-hydrogen) atoms. The van der Waals surface area contributed by atoms with Crippen LogP contribution >= 0.6 is 23.2 Å². The van der Waals surface area contributed by atoms with E-state index < -0.39 is 0 Å². The second-order valence-corrected chi connectivity index (χ2v) is 7.37. The minimum atomic E-state index is 0.341. The zero-order valence-corrected chi connectivity index (χ0v) is 17.5. The number of hydrogen-bond acceptors (Lipinski definition) is 6. The molecule has 4 rings (SSSR count). The van der Waals surface area contributed by atoms with E-state index in [1.807, 2.05) is 53.3 Å². The molecule has 3 N–H and O–H groups in total. The molecule has 0 amide bonds. The molecule has 0 saturated carbocycles. The fraction of sp³-hybridized carbons (Fsp3) is 0.100. The molecule has 0 aliphatic heterocycles. The maximum absolute atomic E-state index is 6.14. The van der Waals surface area contributed by atoms with Crippen LogP contribution in [0.15, 0.2) is 59.8 Å². The predicted molar refractivity (Wildman–Crippen MR) is 119 cm³/mol. The van der Waals surface area contributed by atoms with E-state index in [1.54, 1.807) is 19.2 Å². The molecule has 2 aromatic carbocycles. The molecule has 0 aliphatic rings. The van der Waals surface area contributed by atoms with Gasteiger partial charge in [-0.3, -0.25) is 4.68 Å². The van der Waals surface area contributed by atoms with Crippen molar-refractivity contribution >= 4 is 35.4 Å². The number of hydrogen-bond donors (Lipinski definition) is 2. The van der Waals surface area contributed by atoms with Crippen LogP contribution in [0, 0.1) is 6.92 Å². The summed E-state index contributed by atoms with van der Waals surface area (Å²) in [6, 6.07) is 15.4. The van der Waals surface area contributed by atoms with E-state index in [0.717, 1.165) is 22.4 Å². The Balaban J connectivity index is 1.63. The second kappa shape index (κ2) is 8.56. The van der Waals surface area contributed by atoms with Crippen molar-refractivity contribution in [3.63, 3.8) is 0 Å². The van der Waals surface area contributed by atoms with Gasteiger partial charge in [-0.05, 0) is 24.6 Å². The number of aromatic nitrogens is 5. The molecule has 4 aromatic rings. The van der Waals surface area contributed by atoms with Crippen LogP contribution in [0.3, 0.4) is 0 Å². The average Bonchev–Trinajstić information content (AvgIpc) is 3.29. The minimum Gasteiger partial charge on any atom is -0.335 e. The van der Waals surface area contributed by atoms with Crippen LogP contribution in [0.4, 0.5) is 5.95 Å². The highest BCUT2D eigenvalue weighted by molar-refractivity contribution is 6.42. The van der Waals surface area contributed by atoms with Gasteiger partial charge in [-0.2, -0.15) is 10.2 Å². The SMILES string of the molecule is Cc1nnc(N/N=C/c2cn(Cc3ccc(Cl)c(Cl)c3)nc2-c2ccccc2)n1N. The van der Waals surface area contributed by atoms with Gasteiger partial charge in [0.15, 0.2) is 5.82 Å². The van der Waals surface area contributed by atoms with Crippen LogP contribution in [0.2, 0.25) is 10.0 Å². The lowest BCUT2D eigenvalue weighted by atomic mass is 10.1. The molecule has 0 bridgehead atoms. The number of benzene rings is 2. The van der Waals surface area contributed by atoms with Crippen LogP contribution in [0.25, 0.3) is 11.3 Å². The van der Waals surface area contributed by atoms with E-state index in [4.69, 9.17) is 34.1 Å². The normalized spacial score (nSPS) is 11.3. The summed E-state index contributed by atoms with van der Waals surface area (Å²) in [5.41, 5.74) is 6.39. The number of rotatable bonds is 6. The third-order valence-electron chi connectivity index (χ3n) is 4.40. The van der Waals surface area contributed by atoms with Crippen LogP contribution in [0.1, 0.15) is 17.0 Å². The molecular weight excluding hydrogens is 423 g/mol. The van der Waals surface area contributed by atoms with Gasteiger partial charge in [-0.15, -0.1) is 10.2 Å². The fourth-order valence-corrected chi connectivity index (χ4v) is 3.18. The van der Waals surface area contributed by atoms with E-state index in [1.165, 1.54) is 4.68 Å². The first-order valence-corrected chi connectivity index (χ1v) is 9.80. The van der Waals surface area contributed by atoms with Crippen molar-refractivity contribution in [2.75, 3.05) is 11.3 Å². The highest BCUT2D eigenvalue weighted by Gasteiger charge is 2.11. The van der Waals surface area contributed by atoms with Gasteiger partial charge in [-0.25, -0.2) is 10.1 Å². The third-order valence-corrected chi connectivity index (χ3v) is 5.14. The number of nitrogens with one attached hydrogen (secondary N) is 1. The van der Waals surface area contributed by atoms with Crippen molar-refractivity contribution in [1.29, 1.82) is 0 Å². The lowest BCUT2D eigenvalue weighted by molar-refractivity contribution is 0.689. The van der Waals surface area contributed by atoms with E-state index in [0.29, 0.717) is 28.4 Å². The minimum absolute atomic E-state index is 0.341. The summed E-state index contributed by atoms with van der Waals surface area (Å²) in [5.74, 6) is 6.75. The molecule has 8 nitrogen and oxygen atoms in total. The van der Waals surface area contributed by atoms with Gasteiger partial charge in [-0.1, -0.05) is 59.6 Å². The summed E-state index contributed by atoms with van der Waals surface area (Å²) >= 11 is 12.2. The number of anilines is 1. The number of nitrogens with zero attached hydrogens (tertiary/aromatic N) is 6. The molecule has 0 fully saturated rings. The third kappa shape index (κ3) is 4.29. The van der Waals surface area contributed by atoms with Crippen molar-refractivity contribution in [2.45, 2.75) is 13.5 Å². The monoisotopic (exact) mass is 440 g/mol. The molecule has 2 heterocycles. The predicted octanol–water partition coefficient (Wildman–Crippen LogP) is 3.96. The van der Waals surface area contributed by atoms with E-state index in [-0.39, 0.29) is 0 Å². The summed E-state index contributed by atoms with van der Waals surface area (Å²) in [5, 5.41) is 17.8. The smallest absolute Gasteiger partial charge is 0.263 e. The maximum atomic E-state index is 6.14. The van der Waals surface area contributed by atoms with Crippen LogP contribution in [-0.2, 0) is 6.54 Å². The van der Waals surface area contributed by atoms with Crippen molar-refractivity contribution in [3.8, 4) is 11.3 Å². The zero-order valence-electron chi connectivity index (χ0n) is 16.0. The maximum Gasteiger partial charge on any atom is 0.263 e. The first-order chi connectivity index (χ1) is 14.5. The zero-order chi connectivity index (χ0) is 21.1. The van der Waals surface area contributed by atoms with Gasteiger partial charge in [0.1, 0.15) is 5.69 Å². The molecule has 0 aliphatic carbocycles. The van der Waals surface area contributed by atoms with Gasteiger partial charge in [0.2, 0.25) is 0 Å². The Morgan fingerprint density at radius 1 is 1.10 bits per heavy atom. The van der Waals surface area contributed by atoms with Gasteiger partial charge < -0.3 is 5.84 Å². The van der Waals surface area contributed by atoms with E-state index >= 15 is 0 Å². The van der Waals surface area contributed by atoms with Crippen LogP contribution in [0.5, 0.6) is 0 Å². The van der Waals surface area contributed by atoms with Crippen molar-refractivity contribution in [3.05, 3.63) is 81.7 Å². The van der Waals surface area contributed by atoms with Gasteiger partial charge in [0.25, 0.3) is 5.95 Å². The average molecular weight is 441 g/mol. The molecule has 0 unspecified atom stereocenters. The quantitative estimate of drug-likeness (QED) is 0.268. The summed E-state index contributed by atoms with van der Waals surface area (Å²) in [6.07, 6.45) is 3.58. The highest BCUT2D eigenvalue weighted by Crippen LogP contribution is 2.24. The Morgan fingerprint density at radius 2 is 1.90 bits per heavy atom. The number of nitrogen functional groups attached to an aromatic ring is 1. The molecule has 0 spiro atoms.